The summed E-state index contributed by atoms with van der Waals surface area (Å²) < 4.78 is 67.0. The second kappa shape index (κ2) is 8.14. The van der Waals surface area contributed by atoms with Gasteiger partial charge in [0.15, 0.2) is 0 Å². The Hall–Kier alpha value is -3.37. The topological polar surface area (TPSA) is 87.7 Å². The van der Waals surface area contributed by atoms with E-state index in [1.807, 2.05) is 0 Å². The van der Waals surface area contributed by atoms with E-state index in [1.54, 1.807) is 40.9 Å². The number of nitrogens with zero attached hydrogens (tertiary/aromatic N) is 2. The van der Waals surface area contributed by atoms with Crippen molar-refractivity contribution in [2.45, 2.75) is 29.9 Å². The normalized spacial score (nSPS) is 19.4. The lowest BCUT2D eigenvalue weighted by atomic mass is 9.95. The van der Waals surface area contributed by atoms with Crippen molar-refractivity contribution in [2.75, 3.05) is 6.26 Å². The predicted octanol–water partition coefficient (Wildman–Crippen LogP) is 5.35. The molecule has 3 atom stereocenters. The quantitative estimate of drug-likeness (QED) is 0.398. The third kappa shape index (κ3) is 3.82. The van der Waals surface area contributed by atoms with Crippen LogP contribution >= 0.6 is 0 Å². The lowest BCUT2D eigenvalue weighted by molar-refractivity contribution is -0.0506. The van der Waals surface area contributed by atoms with Crippen LogP contribution in [0.4, 0.5) is 13.2 Å². The molecule has 1 unspecified atom stereocenters. The van der Waals surface area contributed by atoms with Gasteiger partial charge in [-0.15, -0.1) is 0 Å². The summed E-state index contributed by atoms with van der Waals surface area (Å²) in [4.78, 5) is 4.74. The summed E-state index contributed by atoms with van der Waals surface area (Å²) in [7, 11) is -2.90. The molecule has 34 heavy (non-hydrogen) atoms. The van der Waals surface area contributed by atoms with E-state index < -0.39 is 34.2 Å². The zero-order chi connectivity index (χ0) is 24.2. The molecule has 0 bridgehead atoms. The lowest BCUT2D eigenvalue weighted by Crippen LogP contribution is -2.08. The Morgan fingerprint density at radius 1 is 1.21 bits per heavy atom. The van der Waals surface area contributed by atoms with Crippen LogP contribution in [0.2, 0.25) is 0 Å². The van der Waals surface area contributed by atoms with E-state index in [1.165, 1.54) is 30.5 Å². The number of hydrogen-bond acceptors (Lipinski definition) is 5. The standard InChI is InChI=1S/C24H20F3N3O3S/c1-34(28,32)14-8-6-13(7-9-14)17-12-30-21(11-18(17)25)29-22-19(31)10-16(23(22)30)15-4-2-3-5-20(15)33-24(26)27/h2-9,11-12,16,19,24,28,31H,10H2,1H3/t16-,19-,34?/m1/s1. The smallest absolute Gasteiger partial charge is 0.387 e. The number of aliphatic hydroxyl groups is 1. The third-order valence-corrected chi connectivity index (χ3v) is 7.18. The minimum atomic E-state index is -3.00. The molecule has 4 aromatic rings. The first-order valence-corrected chi connectivity index (χ1v) is 12.4. The average Bonchev–Trinajstić information content (AvgIpc) is 3.29. The maximum Gasteiger partial charge on any atom is 0.387 e. The van der Waals surface area contributed by atoms with Gasteiger partial charge < -0.3 is 14.2 Å². The van der Waals surface area contributed by atoms with Crippen LogP contribution in [0.5, 0.6) is 5.75 Å². The second-order valence-corrected chi connectivity index (χ2v) is 10.4. The molecule has 0 spiro atoms. The maximum absolute atomic E-state index is 15.0. The molecule has 2 heterocycles. The Kier molecular flexibility index (Phi) is 5.37. The van der Waals surface area contributed by atoms with Crippen LogP contribution in [-0.4, -0.2) is 31.6 Å². The van der Waals surface area contributed by atoms with Gasteiger partial charge in [0.2, 0.25) is 0 Å². The fourth-order valence-electron chi connectivity index (χ4n) is 4.49. The highest BCUT2D eigenvalue weighted by Crippen LogP contribution is 2.47. The van der Waals surface area contributed by atoms with Crippen LogP contribution in [0.15, 0.2) is 65.7 Å². The third-order valence-electron chi connectivity index (χ3n) is 6.01. The maximum atomic E-state index is 15.0. The van der Waals surface area contributed by atoms with Crippen LogP contribution in [-0.2, 0) is 9.73 Å². The summed E-state index contributed by atoms with van der Waals surface area (Å²) >= 11 is 0. The molecule has 0 saturated carbocycles. The zero-order valence-electron chi connectivity index (χ0n) is 17.9. The number of alkyl halides is 2. The van der Waals surface area contributed by atoms with E-state index in [0.717, 1.165) is 0 Å². The van der Waals surface area contributed by atoms with Gasteiger partial charge in [0.05, 0.1) is 27.2 Å². The van der Waals surface area contributed by atoms with Crippen molar-refractivity contribution in [3.63, 3.8) is 0 Å². The number of hydrogen-bond donors (Lipinski definition) is 2. The molecule has 0 amide bonds. The highest BCUT2D eigenvalue weighted by molar-refractivity contribution is 7.91. The number of para-hydroxylation sites is 1. The molecule has 1 aliphatic carbocycles. The van der Waals surface area contributed by atoms with E-state index in [-0.39, 0.29) is 23.4 Å². The van der Waals surface area contributed by atoms with E-state index in [2.05, 4.69) is 4.98 Å². The van der Waals surface area contributed by atoms with Gasteiger partial charge in [-0.25, -0.2) is 18.4 Å². The Balaban J connectivity index is 1.65. The van der Waals surface area contributed by atoms with Crippen LogP contribution < -0.4 is 4.74 Å². The Bertz CT molecular complexity index is 1500. The highest BCUT2D eigenvalue weighted by Gasteiger charge is 2.37. The molecule has 10 heteroatoms. The van der Waals surface area contributed by atoms with Gasteiger partial charge in [-0.3, -0.25) is 0 Å². The number of halogens is 3. The van der Waals surface area contributed by atoms with Gasteiger partial charge >= 0.3 is 6.61 Å². The molecule has 1 aliphatic rings. The van der Waals surface area contributed by atoms with E-state index in [4.69, 9.17) is 9.52 Å². The predicted molar refractivity (Wildman–Crippen MR) is 120 cm³/mol. The number of nitrogens with one attached hydrogen (secondary N) is 1. The van der Waals surface area contributed by atoms with Crippen molar-refractivity contribution in [1.29, 1.82) is 4.78 Å². The molecular formula is C24H20F3N3O3S. The summed E-state index contributed by atoms with van der Waals surface area (Å²) in [6.07, 6.45) is 2.14. The minimum absolute atomic E-state index is 0.00831. The van der Waals surface area contributed by atoms with Gasteiger partial charge in [0.25, 0.3) is 0 Å². The average molecular weight is 488 g/mol. The lowest BCUT2D eigenvalue weighted by Gasteiger charge is -2.17. The van der Waals surface area contributed by atoms with E-state index in [9.17, 15) is 18.1 Å². The van der Waals surface area contributed by atoms with Crippen molar-refractivity contribution in [3.05, 3.63) is 83.6 Å². The molecule has 0 radical (unpaired) electrons. The van der Waals surface area contributed by atoms with E-state index in [0.29, 0.717) is 27.4 Å². The first-order valence-electron chi connectivity index (χ1n) is 10.4. The fourth-order valence-corrected chi connectivity index (χ4v) is 5.15. The number of aliphatic hydroxyl groups excluding tert-OH is 1. The molecule has 0 saturated heterocycles. The SMILES string of the molecule is CS(=N)(=O)c1ccc(-c2cn3c4c(nc3cc2F)[C@H](O)C[C@@H]4c2ccccc2OC(F)F)cc1. The molecule has 0 aliphatic heterocycles. The van der Waals surface area contributed by atoms with Crippen LogP contribution in [0.1, 0.15) is 35.4 Å². The molecule has 2 aromatic heterocycles. The summed E-state index contributed by atoms with van der Waals surface area (Å²) in [5.41, 5.74) is 2.44. The largest absolute Gasteiger partial charge is 0.435 e. The summed E-state index contributed by atoms with van der Waals surface area (Å²) in [5, 5.41) is 10.6. The molecular weight excluding hydrogens is 467 g/mol. The van der Waals surface area contributed by atoms with Gasteiger partial charge in [-0.2, -0.15) is 8.78 Å². The van der Waals surface area contributed by atoms with Crippen LogP contribution in [0.25, 0.3) is 16.8 Å². The highest BCUT2D eigenvalue weighted by atomic mass is 32.2. The van der Waals surface area contributed by atoms with Gasteiger partial charge in [-0.1, -0.05) is 30.3 Å². The van der Waals surface area contributed by atoms with Gasteiger partial charge in [0, 0.05) is 40.5 Å². The Morgan fingerprint density at radius 3 is 2.59 bits per heavy atom. The number of pyridine rings is 1. The Morgan fingerprint density at radius 2 is 1.91 bits per heavy atom. The monoisotopic (exact) mass is 487 g/mol. The number of aromatic nitrogens is 2. The molecule has 2 aromatic carbocycles. The molecule has 5 rings (SSSR count). The number of rotatable bonds is 5. The molecule has 176 valence electrons. The van der Waals surface area contributed by atoms with Gasteiger partial charge in [-0.05, 0) is 30.2 Å². The summed E-state index contributed by atoms with van der Waals surface area (Å²) in [6, 6.07) is 13.9. The number of fused-ring (bicyclic) bond motifs is 3. The second-order valence-electron chi connectivity index (χ2n) is 8.23. The van der Waals surface area contributed by atoms with Gasteiger partial charge in [0.1, 0.15) is 17.2 Å². The van der Waals surface area contributed by atoms with Crippen molar-refractivity contribution < 1.29 is 27.2 Å². The van der Waals surface area contributed by atoms with Crippen molar-refractivity contribution in [2.24, 2.45) is 0 Å². The number of ether oxygens (including phenoxy) is 1. The number of imidazole rings is 1. The number of benzene rings is 2. The van der Waals surface area contributed by atoms with E-state index >= 15 is 4.39 Å². The molecule has 2 N–H and O–H groups in total. The first-order chi connectivity index (χ1) is 16.1. The molecule has 0 fully saturated rings. The summed E-state index contributed by atoms with van der Waals surface area (Å²) in [6.45, 7) is -3.00. The van der Waals surface area contributed by atoms with Crippen molar-refractivity contribution in [1.82, 2.24) is 9.38 Å². The molecule has 6 nitrogen and oxygen atoms in total. The summed E-state index contributed by atoms with van der Waals surface area (Å²) in [5.74, 6) is -1.03. The zero-order valence-corrected chi connectivity index (χ0v) is 18.7. The van der Waals surface area contributed by atoms with Crippen LogP contribution in [0.3, 0.4) is 0 Å². The first kappa shape index (κ1) is 22.4. The minimum Gasteiger partial charge on any atom is -0.435 e. The van der Waals surface area contributed by atoms with Crippen molar-refractivity contribution >= 4 is 15.4 Å². The van der Waals surface area contributed by atoms with Crippen LogP contribution in [0, 0.1) is 10.6 Å². The van der Waals surface area contributed by atoms with Crippen molar-refractivity contribution in [3.8, 4) is 16.9 Å². The Labute approximate surface area is 193 Å². The fraction of sp³-hybridized carbons (Fsp3) is 0.208.